The lowest BCUT2D eigenvalue weighted by atomic mass is 10.1. The van der Waals surface area contributed by atoms with Gasteiger partial charge >= 0.3 is 6.09 Å². The molecule has 1 aliphatic rings. The Labute approximate surface area is 122 Å². The third kappa shape index (κ3) is 3.69. The van der Waals surface area contributed by atoms with E-state index in [0.717, 1.165) is 0 Å². The molecule has 1 aliphatic heterocycles. The molecule has 1 heterocycles. The van der Waals surface area contributed by atoms with Crippen LogP contribution in [0.25, 0.3) is 0 Å². The van der Waals surface area contributed by atoms with Crippen molar-refractivity contribution in [3.8, 4) is 0 Å². The van der Waals surface area contributed by atoms with E-state index in [-0.39, 0.29) is 11.7 Å². The van der Waals surface area contributed by atoms with Crippen molar-refractivity contribution in [1.82, 2.24) is 0 Å². The summed E-state index contributed by atoms with van der Waals surface area (Å²) in [5.74, 6) is 0. The maximum absolute atomic E-state index is 12.3. The highest BCUT2D eigenvalue weighted by atomic mass is 16.6. The second kappa shape index (κ2) is 5.69. The van der Waals surface area contributed by atoms with Crippen LogP contribution >= 0.6 is 0 Å². The molecule has 7 nitrogen and oxygen atoms in total. The lowest BCUT2D eigenvalue weighted by Crippen LogP contribution is -2.53. The van der Waals surface area contributed by atoms with E-state index in [0.29, 0.717) is 18.9 Å². The highest BCUT2D eigenvalue weighted by Gasteiger charge is 2.34. The van der Waals surface area contributed by atoms with Crippen LogP contribution in [0.15, 0.2) is 24.3 Å². The topological polar surface area (TPSA) is 81.9 Å². The van der Waals surface area contributed by atoms with Crippen LogP contribution in [-0.4, -0.2) is 35.9 Å². The summed E-state index contributed by atoms with van der Waals surface area (Å²) >= 11 is 0. The molecule has 0 radical (unpaired) electrons. The first kappa shape index (κ1) is 15.2. The van der Waals surface area contributed by atoms with Crippen LogP contribution in [0.2, 0.25) is 0 Å². The molecule has 0 unspecified atom stereocenters. The smallest absolute Gasteiger partial charge is 0.415 e. The van der Waals surface area contributed by atoms with Gasteiger partial charge in [-0.15, -0.1) is 0 Å². The molecule has 0 aromatic heterocycles. The number of rotatable bonds is 3. The summed E-state index contributed by atoms with van der Waals surface area (Å²) < 4.78 is 10.5. The van der Waals surface area contributed by atoms with Crippen molar-refractivity contribution < 1.29 is 19.2 Å². The van der Waals surface area contributed by atoms with Crippen molar-refractivity contribution in [1.29, 1.82) is 0 Å². The van der Waals surface area contributed by atoms with Gasteiger partial charge in [-0.1, -0.05) is 0 Å². The summed E-state index contributed by atoms with van der Waals surface area (Å²) in [6, 6.07) is 5.71. The second-order valence-corrected chi connectivity index (χ2v) is 5.82. The quantitative estimate of drug-likeness (QED) is 0.632. The Hall–Kier alpha value is -2.15. The molecule has 0 aliphatic carbocycles. The first-order valence-corrected chi connectivity index (χ1v) is 6.62. The molecule has 1 amide bonds. The Balaban J connectivity index is 2.23. The molecule has 1 fully saturated rings. The van der Waals surface area contributed by atoms with Crippen molar-refractivity contribution in [2.24, 2.45) is 0 Å². The monoisotopic (exact) mass is 294 g/mol. The minimum atomic E-state index is -0.610. The van der Waals surface area contributed by atoms with E-state index in [1.54, 1.807) is 32.9 Å². The molecule has 1 aromatic carbocycles. The minimum Gasteiger partial charge on any atom is -0.443 e. The Kier molecular flexibility index (Phi) is 4.13. The largest absolute Gasteiger partial charge is 0.443 e. The van der Waals surface area contributed by atoms with Gasteiger partial charge in [0.15, 0.2) is 0 Å². The van der Waals surface area contributed by atoms with Crippen molar-refractivity contribution in [2.45, 2.75) is 32.4 Å². The summed E-state index contributed by atoms with van der Waals surface area (Å²) in [5, 5.41) is 10.7. The zero-order valence-electron chi connectivity index (χ0n) is 12.2. The SMILES string of the molecule is CC(C)(C)OC(=O)N(c1ccc([N+](=O)[O-])cc1)C1COC1. The van der Waals surface area contributed by atoms with Gasteiger partial charge in [0.05, 0.1) is 24.2 Å². The predicted molar refractivity (Wildman–Crippen MR) is 76.4 cm³/mol. The Morgan fingerprint density at radius 3 is 2.29 bits per heavy atom. The van der Waals surface area contributed by atoms with Crippen LogP contribution in [0, 0.1) is 10.1 Å². The van der Waals surface area contributed by atoms with E-state index >= 15 is 0 Å². The summed E-state index contributed by atoms with van der Waals surface area (Å²) in [5.41, 5.74) is -0.0725. The molecular weight excluding hydrogens is 276 g/mol. The Morgan fingerprint density at radius 1 is 1.33 bits per heavy atom. The summed E-state index contributed by atoms with van der Waals surface area (Å²) in [7, 11) is 0. The zero-order chi connectivity index (χ0) is 15.6. The number of nitro benzene ring substituents is 1. The average molecular weight is 294 g/mol. The number of non-ortho nitro benzene ring substituents is 1. The molecule has 114 valence electrons. The minimum absolute atomic E-state index is 0.0206. The van der Waals surface area contributed by atoms with Gasteiger partial charge in [-0.3, -0.25) is 15.0 Å². The van der Waals surface area contributed by atoms with Gasteiger partial charge in [0.2, 0.25) is 0 Å². The maximum Gasteiger partial charge on any atom is 0.415 e. The van der Waals surface area contributed by atoms with Crippen molar-refractivity contribution in [3.05, 3.63) is 34.4 Å². The molecule has 1 aromatic rings. The number of anilines is 1. The summed E-state index contributed by atoms with van der Waals surface area (Å²) in [6.07, 6.45) is -0.482. The lowest BCUT2D eigenvalue weighted by molar-refractivity contribution is -0.384. The zero-order valence-corrected chi connectivity index (χ0v) is 12.2. The molecule has 21 heavy (non-hydrogen) atoms. The highest BCUT2D eigenvalue weighted by molar-refractivity contribution is 5.89. The fraction of sp³-hybridized carbons (Fsp3) is 0.500. The van der Waals surface area contributed by atoms with E-state index < -0.39 is 16.6 Å². The van der Waals surface area contributed by atoms with Gasteiger partial charge in [0.1, 0.15) is 5.60 Å². The molecule has 0 atom stereocenters. The van der Waals surface area contributed by atoms with Gasteiger partial charge in [0.25, 0.3) is 5.69 Å². The van der Waals surface area contributed by atoms with Crippen molar-refractivity contribution in [3.63, 3.8) is 0 Å². The number of ether oxygens (including phenoxy) is 2. The standard InChI is InChI=1S/C14H18N2O5/c1-14(2,3)21-13(17)15(12-8-20-9-12)10-4-6-11(7-5-10)16(18)19/h4-7,12H,8-9H2,1-3H3. The third-order valence-electron chi connectivity index (χ3n) is 2.91. The van der Waals surface area contributed by atoms with E-state index in [1.165, 1.54) is 17.0 Å². The molecule has 0 saturated carbocycles. The van der Waals surface area contributed by atoms with Crippen LogP contribution in [0.3, 0.4) is 0 Å². The Morgan fingerprint density at radius 2 is 1.90 bits per heavy atom. The van der Waals surface area contributed by atoms with Crippen molar-refractivity contribution >= 4 is 17.5 Å². The molecule has 2 rings (SSSR count). The maximum atomic E-state index is 12.3. The van der Waals surface area contributed by atoms with Crippen molar-refractivity contribution in [2.75, 3.05) is 18.1 Å². The van der Waals surface area contributed by atoms with Crippen LogP contribution in [-0.2, 0) is 9.47 Å². The van der Waals surface area contributed by atoms with Crippen LogP contribution in [0.4, 0.5) is 16.2 Å². The highest BCUT2D eigenvalue weighted by Crippen LogP contribution is 2.26. The van der Waals surface area contributed by atoms with Crippen LogP contribution in [0.1, 0.15) is 20.8 Å². The molecule has 0 spiro atoms. The van der Waals surface area contributed by atoms with Crippen LogP contribution in [0.5, 0.6) is 0 Å². The number of carbonyl (C=O) groups is 1. The number of amides is 1. The summed E-state index contributed by atoms with van der Waals surface area (Å²) in [4.78, 5) is 24.0. The third-order valence-corrected chi connectivity index (χ3v) is 2.91. The molecule has 1 saturated heterocycles. The summed E-state index contributed by atoms with van der Waals surface area (Å²) in [6.45, 7) is 6.22. The first-order valence-electron chi connectivity index (χ1n) is 6.62. The second-order valence-electron chi connectivity index (χ2n) is 5.82. The van der Waals surface area contributed by atoms with Gasteiger partial charge in [-0.05, 0) is 32.9 Å². The average Bonchev–Trinajstić information content (AvgIpc) is 2.31. The number of nitrogens with zero attached hydrogens (tertiary/aromatic N) is 2. The normalized spacial score (nSPS) is 15.2. The van der Waals surface area contributed by atoms with Crippen LogP contribution < -0.4 is 4.90 Å². The molecule has 0 N–H and O–H groups in total. The van der Waals surface area contributed by atoms with E-state index in [1.807, 2.05) is 0 Å². The molecule has 0 bridgehead atoms. The first-order chi connectivity index (χ1) is 9.78. The van der Waals surface area contributed by atoms with E-state index in [4.69, 9.17) is 9.47 Å². The lowest BCUT2D eigenvalue weighted by Gasteiger charge is -2.37. The number of nitro groups is 1. The fourth-order valence-electron chi connectivity index (χ4n) is 1.88. The van der Waals surface area contributed by atoms with Gasteiger partial charge < -0.3 is 9.47 Å². The number of hydrogen-bond acceptors (Lipinski definition) is 5. The number of carbonyl (C=O) groups excluding carboxylic acids is 1. The van der Waals surface area contributed by atoms with E-state index in [9.17, 15) is 14.9 Å². The fourth-order valence-corrected chi connectivity index (χ4v) is 1.88. The van der Waals surface area contributed by atoms with E-state index in [2.05, 4.69) is 0 Å². The number of hydrogen-bond donors (Lipinski definition) is 0. The molecular formula is C14H18N2O5. The number of benzene rings is 1. The van der Waals surface area contributed by atoms with Gasteiger partial charge in [0, 0.05) is 17.8 Å². The molecule has 7 heteroatoms. The van der Waals surface area contributed by atoms with Gasteiger partial charge in [-0.25, -0.2) is 4.79 Å². The Bertz CT molecular complexity index is 531. The van der Waals surface area contributed by atoms with Gasteiger partial charge in [-0.2, -0.15) is 0 Å². The predicted octanol–water partition coefficient (Wildman–Crippen LogP) is 2.74.